The number of hydrogen-bond acceptors (Lipinski definition) is 9. The molecule has 0 spiro atoms. The first-order valence-electron chi connectivity index (χ1n) is 9.83. The van der Waals surface area contributed by atoms with Crippen LogP contribution in [0.5, 0.6) is 17.2 Å². The average molecular weight is 542 g/mol. The Balaban J connectivity index is 1.95. The van der Waals surface area contributed by atoms with Crippen LogP contribution in [0.15, 0.2) is 58.1 Å². The van der Waals surface area contributed by atoms with Crippen molar-refractivity contribution in [3.63, 3.8) is 0 Å². The van der Waals surface area contributed by atoms with E-state index in [9.17, 15) is 25.3 Å². The van der Waals surface area contributed by atoms with Crippen LogP contribution in [0.1, 0.15) is 5.56 Å². The molecule has 178 valence electrons. The molecule has 0 radical (unpaired) electrons. The van der Waals surface area contributed by atoms with Crippen molar-refractivity contribution >= 4 is 45.0 Å². The Labute approximate surface area is 205 Å². The average Bonchev–Trinajstić information content (AvgIpc) is 3.19. The number of rotatable bonds is 7. The van der Waals surface area contributed by atoms with Gasteiger partial charge in [-0.3, -0.25) is 24.6 Å². The molecule has 1 N–H and O–H groups in total. The number of pyridine rings is 1. The Kier molecular flexibility index (Phi) is 6.34. The molecule has 0 aliphatic carbocycles. The number of phenols is 1. The molecule has 0 amide bonds. The minimum Gasteiger partial charge on any atom is -0.504 e. The Bertz CT molecular complexity index is 1520. The molecule has 4 rings (SSSR count). The lowest BCUT2D eigenvalue weighted by atomic mass is 10.1. The number of benzene rings is 2. The predicted octanol–water partition coefficient (Wildman–Crippen LogP) is 5.05. The number of nitrogens with zero attached hydrogens (tertiary/aromatic N) is 5. The summed E-state index contributed by atoms with van der Waals surface area (Å²) in [5, 5.41) is 32.8. The molecule has 0 fully saturated rings. The number of imidazole rings is 1. The number of nitro groups is 2. The van der Waals surface area contributed by atoms with Crippen LogP contribution in [0.25, 0.3) is 16.9 Å². The van der Waals surface area contributed by atoms with Crippen molar-refractivity contribution in [2.24, 2.45) is 4.99 Å². The number of aromatic hydroxyl groups is 1. The molecule has 0 saturated heterocycles. The highest BCUT2D eigenvalue weighted by Crippen LogP contribution is 2.38. The van der Waals surface area contributed by atoms with Crippen LogP contribution >= 0.6 is 15.9 Å². The minimum absolute atomic E-state index is 0.0348. The van der Waals surface area contributed by atoms with Crippen LogP contribution in [0, 0.1) is 20.2 Å². The van der Waals surface area contributed by atoms with Gasteiger partial charge >= 0.3 is 5.69 Å². The number of non-ortho nitro benzene ring substituents is 1. The standard InChI is InChI=1S/C22H16BrN5O7/c1-34-18-8-12(3-5-17(18)29)20-22(26-11-14(23)4-6-19(26)25-20)24-10-13-7-15(27(30)31)9-16(28(32)33)21(13)35-2/h3-11,29H,1-2H3. The molecule has 2 heterocycles. The number of nitro benzene ring substituents is 2. The van der Waals surface area contributed by atoms with E-state index in [1.807, 2.05) is 0 Å². The summed E-state index contributed by atoms with van der Waals surface area (Å²) in [6, 6.07) is 10.2. The Morgan fingerprint density at radius 3 is 2.51 bits per heavy atom. The molecule has 13 heteroatoms. The Morgan fingerprint density at radius 1 is 1.09 bits per heavy atom. The summed E-state index contributed by atoms with van der Waals surface area (Å²) < 4.78 is 12.8. The number of halogens is 1. The number of methoxy groups -OCH3 is 2. The normalized spacial score (nSPS) is 11.2. The summed E-state index contributed by atoms with van der Waals surface area (Å²) in [6.45, 7) is 0. The minimum atomic E-state index is -0.761. The first kappa shape index (κ1) is 23.6. The molecular weight excluding hydrogens is 526 g/mol. The van der Waals surface area contributed by atoms with Crippen molar-refractivity contribution in [3.8, 4) is 28.5 Å². The van der Waals surface area contributed by atoms with Gasteiger partial charge in [-0.1, -0.05) is 0 Å². The zero-order valence-electron chi connectivity index (χ0n) is 18.2. The van der Waals surface area contributed by atoms with Crippen molar-refractivity contribution in [1.29, 1.82) is 0 Å². The summed E-state index contributed by atoms with van der Waals surface area (Å²) in [5.41, 5.74) is 0.517. The van der Waals surface area contributed by atoms with Gasteiger partial charge in [0.25, 0.3) is 5.69 Å². The van der Waals surface area contributed by atoms with Crippen LogP contribution < -0.4 is 9.47 Å². The van der Waals surface area contributed by atoms with E-state index < -0.39 is 21.2 Å². The summed E-state index contributed by atoms with van der Waals surface area (Å²) in [6.07, 6.45) is 2.97. The van der Waals surface area contributed by atoms with E-state index in [1.54, 1.807) is 34.9 Å². The van der Waals surface area contributed by atoms with Crippen LogP contribution in [0.3, 0.4) is 0 Å². The fraction of sp³-hybridized carbons (Fsp3) is 0.0909. The maximum absolute atomic E-state index is 11.5. The number of hydrogen-bond donors (Lipinski definition) is 1. The third kappa shape index (κ3) is 4.48. The molecule has 35 heavy (non-hydrogen) atoms. The largest absolute Gasteiger partial charge is 0.504 e. The number of phenolic OH excluding ortho intramolecular Hbond substituents is 1. The van der Waals surface area contributed by atoms with Gasteiger partial charge in [-0.15, -0.1) is 0 Å². The number of fused-ring (bicyclic) bond motifs is 1. The molecule has 0 bridgehead atoms. The van der Waals surface area contributed by atoms with Gasteiger partial charge in [0.1, 0.15) is 11.3 Å². The van der Waals surface area contributed by atoms with Crippen LogP contribution in [-0.2, 0) is 0 Å². The van der Waals surface area contributed by atoms with Crippen LogP contribution in [0.4, 0.5) is 17.2 Å². The second-order valence-corrected chi connectivity index (χ2v) is 8.02. The zero-order chi connectivity index (χ0) is 25.3. The van der Waals surface area contributed by atoms with Gasteiger partial charge in [0.2, 0.25) is 5.75 Å². The van der Waals surface area contributed by atoms with Gasteiger partial charge in [-0.2, -0.15) is 0 Å². The van der Waals surface area contributed by atoms with Gasteiger partial charge in [0, 0.05) is 34.1 Å². The highest BCUT2D eigenvalue weighted by Gasteiger charge is 2.25. The van der Waals surface area contributed by atoms with E-state index >= 15 is 0 Å². The van der Waals surface area contributed by atoms with Crippen molar-refractivity contribution < 1.29 is 24.4 Å². The number of aliphatic imine (C=N–C) groups is 1. The van der Waals surface area contributed by atoms with E-state index in [4.69, 9.17) is 9.47 Å². The first-order chi connectivity index (χ1) is 16.7. The van der Waals surface area contributed by atoms with Gasteiger partial charge < -0.3 is 14.6 Å². The topological polar surface area (TPSA) is 155 Å². The van der Waals surface area contributed by atoms with Crippen molar-refractivity contribution in [2.75, 3.05) is 14.2 Å². The maximum atomic E-state index is 11.5. The van der Waals surface area contributed by atoms with Crippen molar-refractivity contribution in [1.82, 2.24) is 9.38 Å². The zero-order valence-corrected chi connectivity index (χ0v) is 19.8. The molecule has 0 aliphatic heterocycles. The SMILES string of the molecule is COc1cc(-c2nc3ccc(Br)cn3c2N=Cc2cc([N+](=O)[O-])cc([N+](=O)[O-])c2OC)ccc1O. The lowest BCUT2D eigenvalue weighted by Gasteiger charge is -2.07. The van der Waals surface area contributed by atoms with Gasteiger partial charge in [-0.25, -0.2) is 9.98 Å². The molecule has 0 aliphatic rings. The maximum Gasteiger partial charge on any atom is 0.318 e. The summed E-state index contributed by atoms with van der Waals surface area (Å²) in [4.78, 5) is 30.5. The first-order valence-corrected chi connectivity index (χ1v) is 10.6. The molecule has 0 unspecified atom stereocenters. The monoisotopic (exact) mass is 541 g/mol. The smallest absolute Gasteiger partial charge is 0.318 e. The van der Waals surface area contributed by atoms with E-state index in [0.29, 0.717) is 22.7 Å². The lowest BCUT2D eigenvalue weighted by Crippen LogP contribution is -2.00. The second kappa shape index (κ2) is 9.38. The van der Waals surface area contributed by atoms with E-state index in [1.165, 1.54) is 26.5 Å². The predicted molar refractivity (Wildman–Crippen MR) is 130 cm³/mol. The molecule has 12 nitrogen and oxygen atoms in total. The molecule has 4 aromatic rings. The fourth-order valence-corrected chi connectivity index (χ4v) is 3.80. The molecule has 0 saturated carbocycles. The fourth-order valence-electron chi connectivity index (χ4n) is 3.46. The molecular formula is C22H16BrN5O7. The van der Waals surface area contributed by atoms with Crippen LogP contribution in [0.2, 0.25) is 0 Å². The Morgan fingerprint density at radius 2 is 1.86 bits per heavy atom. The summed E-state index contributed by atoms with van der Waals surface area (Å²) >= 11 is 3.41. The Hall–Kier alpha value is -4.52. The second-order valence-electron chi connectivity index (χ2n) is 7.11. The number of aromatic nitrogens is 2. The van der Waals surface area contributed by atoms with Gasteiger partial charge in [0.05, 0.1) is 30.1 Å². The van der Waals surface area contributed by atoms with Gasteiger partial charge in [-0.05, 0) is 46.3 Å². The number of ether oxygens (including phenoxy) is 2. The third-order valence-corrected chi connectivity index (χ3v) is 5.50. The highest BCUT2D eigenvalue weighted by atomic mass is 79.9. The lowest BCUT2D eigenvalue weighted by molar-refractivity contribution is -0.394. The summed E-state index contributed by atoms with van der Waals surface area (Å²) in [7, 11) is 2.64. The molecule has 2 aromatic carbocycles. The molecule has 2 aromatic heterocycles. The van der Waals surface area contributed by atoms with E-state index in [0.717, 1.165) is 16.6 Å². The van der Waals surface area contributed by atoms with Crippen molar-refractivity contribution in [3.05, 3.63) is 78.9 Å². The van der Waals surface area contributed by atoms with E-state index in [2.05, 4.69) is 25.9 Å². The van der Waals surface area contributed by atoms with Crippen LogP contribution in [-0.4, -0.2) is 44.8 Å². The van der Waals surface area contributed by atoms with Crippen molar-refractivity contribution in [2.45, 2.75) is 0 Å². The highest BCUT2D eigenvalue weighted by molar-refractivity contribution is 9.10. The third-order valence-electron chi connectivity index (χ3n) is 5.03. The van der Waals surface area contributed by atoms with Gasteiger partial charge in [0.15, 0.2) is 17.3 Å². The quantitative estimate of drug-likeness (QED) is 0.193. The summed E-state index contributed by atoms with van der Waals surface area (Å²) in [5.74, 6) is 0.325. The molecule has 0 atom stereocenters. The van der Waals surface area contributed by atoms with E-state index in [-0.39, 0.29) is 22.8 Å².